The Balaban J connectivity index is 2.07. The van der Waals surface area contributed by atoms with Crippen molar-refractivity contribution >= 4 is 5.78 Å². The molecule has 1 saturated heterocycles. The Morgan fingerprint density at radius 2 is 2.10 bits per heavy atom. The second-order valence-electron chi connectivity index (χ2n) is 2.41. The molecule has 0 aromatic carbocycles. The molecule has 1 aliphatic rings. The number of ketones is 1. The predicted molar refractivity (Wildman–Crippen MR) is 35.6 cm³/mol. The average Bonchev–Trinajstić information content (AvgIpc) is 2.34. The van der Waals surface area contributed by atoms with Crippen LogP contribution >= 0.6 is 0 Å². The zero-order chi connectivity index (χ0) is 7.40. The summed E-state index contributed by atoms with van der Waals surface area (Å²) in [5.74, 6) is 0.194. The molecule has 0 spiro atoms. The summed E-state index contributed by atoms with van der Waals surface area (Å²) < 4.78 is 10.3. The Kier molecular flexibility index (Phi) is 2.83. The lowest BCUT2D eigenvalue weighted by Crippen LogP contribution is -2.08. The highest BCUT2D eigenvalue weighted by atomic mass is 16.7. The molecule has 10 heavy (non-hydrogen) atoms. The molecule has 3 heteroatoms. The quantitative estimate of drug-likeness (QED) is 0.585. The Labute approximate surface area is 60.3 Å². The fraction of sp³-hybridized carbons (Fsp3) is 0.857. The van der Waals surface area contributed by atoms with Crippen molar-refractivity contribution in [2.24, 2.45) is 0 Å². The van der Waals surface area contributed by atoms with Crippen LogP contribution in [0.2, 0.25) is 0 Å². The number of Topliss-reactive ketones (excluding diaryl/α,β-unsaturated/α-hetero) is 1. The third-order valence-electron chi connectivity index (χ3n) is 1.42. The minimum atomic E-state index is -0.121. The van der Waals surface area contributed by atoms with Gasteiger partial charge in [0.2, 0.25) is 0 Å². The smallest absolute Gasteiger partial charge is 0.158 e. The highest BCUT2D eigenvalue weighted by Crippen LogP contribution is 2.09. The summed E-state index contributed by atoms with van der Waals surface area (Å²) in [6, 6.07) is 0. The molecule has 1 fully saturated rings. The van der Waals surface area contributed by atoms with Gasteiger partial charge in [0.05, 0.1) is 13.2 Å². The van der Waals surface area contributed by atoms with E-state index in [1.807, 2.05) is 0 Å². The van der Waals surface area contributed by atoms with E-state index in [2.05, 4.69) is 0 Å². The molecule has 0 aromatic rings. The Hall–Kier alpha value is -0.410. The third-order valence-corrected chi connectivity index (χ3v) is 1.42. The summed E-state index contributed by atoms with van der Waals surface area (Å²) in [6.45, 7) is 2.92. The zero-order valence-electron chi connectivity index (χ0n) is 6.13. The van der Waals surface area contributed by atoms with Crippen LogP contribution in [0.25, 0.3) is 0 Å². The van der Waals surface area contributed by atoms with Crippen molar-refractivity contribution < 1.29 is 14.3 Å². The van der Waals surface area contributed by atoms with Crippen molar-refractivity contribution in [1.82, 2.24) is 0 Å². The molecule has 1 heterocycles. The number of hydrogen-bond donors (Lipinski definition) is 0. The lowest BCUT2D eigenvalue weighted by molar-refractivity contribution is -0.119. The van der Waals surface area contributed by atoms with E-state index in [0.29, 0.717) is 26.1 Å². The zero-order valence-corrected chi connectivity index (χ0v) is 6.13. The molecule has 0 radical (unpaired) electrons. The largest absolute Gasteiger partial charge is 0.350 e. The van der Waals surface area contributed by atoms with Crippen LogP contribution in [0, 0.1) is 0 Å². The van der Waals surface area contributed by atoms with E-state index in [9.17, 15) is 4.79 Å². The van der Waals surface area contributed by atoms with Crippen LogP contribution in [0.4, 0.5) is 0 Å². The van der Waals surface area contributed by atoms with Crippen LogP contribution in [0.5, 0.6) is 0 Å². The van der Waals surface area contributed by atoms with Gasteiger partial charge >= 0.3 is 0 Å². The first-order valence-electron chi connectivity index (χ1n) is 3.51. The molecule has 0 amide bonds. The Morgan fingerprint density at radius 3 is 2.60 bits per heavy atom. The first kappa shape index (κ1) is 7.69. The lowest BCUT2D eigenvalue weighted by atomic mass is 10.2. The van der Waals surface area contributed by atoms with Crippen molar-refractivity contribution in [2.75, 3.05) is 13.2 Å². The molecule has 0 unspecified atom stereocenters. The topological polar surface area (TPSA) is 35.5 Å². The minimum absolute atomic E-state index is 0.121. The molecule has 3 nitrogen and oxygen atoms in total. The van der Waals surface area contributed by atoms with E-state index in [-0.39, 0.29) is 12.1 Å². The fourth-order valence-electron chi connectivity index (χ4n) is 0.895. The lowest BCUT2D eigenvalue weighted by Gasteiger charge is -2.05. The fourth-order valence-corrected chi connectivity index (χ4v) is 0.895. The summed E-state index contributed by atoms with van der Waals surface area (Å²) in [4.78, 5) is 10.5. The van der Waals surface area contributed by atoms with Crippen LogP contribution in [0.15, 0.2) is 0 Å². The van der Waals surface area contributed by atoms with E-state index in [1.54, 1.807) is 6.92 Å². The van der Waals surface area contributed by atoms with Crippen LogP contribution in [-0.2, 0) is 14.3 Å². The van der Waals surface area contributed by atoms with E-state index in [0.717, 1.165) is 0 Å². The number of ether oxygens (including phenoxy) is 2. The molecule has 0 atom stereocenters. The number of hydrogen-bond acceptors (Lipinski definition) is 3. The first-order valence-corrected chi connectivity index (χ1v) is 3.51. The summed E-state index contributed by atoms with van der Waals surface area (Å²) >= 11 is 0. The SMILES string of the molecule is CC(=O)CCC1OCCO1. The maximum Gasteiger partial charge on any atom is 0.158 e. The maximum atomic E-state index is 10.5. The van der Waals surface area contributed by atoms with E-state index >= 15 is 0 Å². The third kappa shape index (κ3) is 2.45. The van der Waals surface area contributed by atoms with Gasteiger partial charge < -0.3 is 14.3 Å². The normalized spacial score (nSPS) is 19.7. The highest BCUT2D eigenvalue weighted by molar-refractivity contribution is 5.75. The molecular formula is C7H12O3. The molecule has 0 aliphatic carbocycles. The van der Waals surface area contributed by atoms with Crippen LogP contribution in [0.1, 0.15) is 19.8 Å². The molecule has 58 valence electrons. The predicted octanol–water partition coefficient (Wildman–Crippen LogP) is 0.728. The van der Waals surface area contributed by atoms with Crippen molar-refractivity contribution in [3.63, 3.8) is 0 Å². The van der Waals surface area contributed by atoms with Gasteiger partial charge in [0, 0.05) is 12.8 Å². The second-order valence-corrected chi connectivity index (χ2v) is 2.41. The summed E-state index contributed by atoms with van der Waals surface area (Å²) in [7, 11) is 0. The van der Waals surface area contributed by atoms with Gasteiger partial charge in [-0.1, -0.05) is 0 Å². The number of rotatable bonds is 3. The van der Waals surface area contributed by atoms with Crippen LogP contribution in [0.3, 0.4) is 0 Å². The summed E-state index contributed by atoms with van der Waals surface area (Å²) in [5.41, 5.74) is 0. The maximum absolute atomic E-state index is 10.5. The summed E-state index contributed by atoms with van der Waals surface area (Å²) in [6.07, 6.45) is 1.14. The molecule has 0 aromatic heterocycles. The van der Waals surface area contributed by atoms with Crippen molar-refractivity contribution in [3.8, 4) is 0 Å². The van der Waals surface area contributed by atoms with Crippen LogP contribution in [-0.4, -0.2) is 25.3 Å². The second kappa shape index (κ2) is 3.68. The minimum Gasteiger partial charge on any atom is -0.350 e. The Morgan fingerprint density at radius 1 is 1.50 bits per heavy atom. The average molecular weight is 144 g/mol. The van der Waals surface area contributed by atoms with Gasteiger partial charge in [-0.25, -0.2) is 0 Å². The van der Waals surface area contributed by atoms with Gasteiger partial charge in [0.25, 0.3) is 0 Å². The number of carbonyl (C=O) groups is 1. The van der Waals surface area contributed by atoms with Gasteiger partial charge in [-0.05, 0) is 6.92 Å². The van der Waals surface area contributed by atoms with Crippen molar-refractivity contribution in [3.05, 3.63) is 0 Å². The molecule has 0 N–H and O–H groups in total. The van der Waals surface area contributed by atoms with Crippen molar-refractivity contribution in [2.45, 2.75) is 26.1 Å². The van der Waals surface area contributed by atoms with Gasteiger partial charge in [-0.2, -0.15) is 0 Å². The van der Waals surface area contributed by atoms with E-state index in [4.69, 9.17) is 9.47 Å². The summed E-state index contributed by atoms with van der Waals surface area (Å²) in [5, 5.41) is 0. The molecule has 0 saturated carbocycles. The van der Waals surface area contributed by atoms with E-state index < -0.39 is 0 Å². The highest BCUT2D eigenvalue weighted by Gasteiger charge is 2.15. The first-order chi connectivity index (χ1) is 4.79. The van der Waals surface area contributed by atoms with Gasteiger partial charge in [0.1, 0.15) is 5.78 Å². The number of carbonyl (C=O) groups excluding carboxylic acids is 1. The molecule has 1 aliphatic heterocycles. The van der Waals surface area contributed by atoms with Crippen molar-refractivity contribution in [1.29, 1.82) is 0 Å². The van der Waals surface area contributed by atoms with Gasteiger partial charge in [-0.15, -0.1) is 0 Å². The molecule has 1 rings (SSSR count). The molecule has 0 bridgehead atoms. The van der Waals surface area contributed by atoms with E-state index in [1.165, 1.54) is 0 Å². The molecular weight excluding hydrogens is 132 g/mol. The standard InChI is InChI=1S/C7H12O3/c1-6(8)2-3-7-9-4-5-10-7/h7H,2-5H2,1H3. The monoisotopic (exact) mass is 144 g/mol. The Bertz CT molecular complexity index is 116. The van der Waals surface area contributed by atoms with Gasteiger partial charge in [-0.3, -0.25) is 0 Å². The van der Waals surface area contributed by atoms with Gasteiger partial charge in [0.15, 0.2) is 6.29 Å². The van der Waals surface area contributed by atoms with Crippen LogP contribution < -0.4 is 0 Å².